The summed E-state index contributed by atoms with van der Waals surface area (Å²) in [5, 5.41) is 13.7. The van der Waals surface area contributed by atoms with Crippen LogP contribution in [0.4, 0.5) is 0 Å². The van der Waals surface area contributed by atoms with Crippen LogP contribution in [0.1, 0.15) is 16.1 Å². The lowest BCUT2D eigenvalue weighted by atomic mass is 10.0. The number of carbonyl (C=O) groups is 2. The van der Waals surface area contributed by atoms with Crippen LogP contribution in [0.25, 0.3) is 22.4 Å². The molecule has 3 aromatic rings. The number of hydrogen-bond donors (Lipinski definition) is 1. The van der Waals surface area contributed by atoms with Gasteiger partial charge in [-0.25, -0.2) is 9.78 Å². The molecule has 1 N–H and O–H groups in total. The van der Waals surface area contributed by atoms with Gasteiger partial charge in [0, 0.05) is 12.1 Å². The van der Waals surface area contributed by atoms with Gasteiger partial charge in [-0.1, -0.05) is 35.5 Å². The Morgan fingerprint density at radius 3 is 2.78 bits per heavy atom. The minimum atomic E-state index is -1.08. The average Bonchev–Trinajstić information content (AvgIpc) is 3.08. The Morgan fingerprint density at radius 1 is 1.26 bits per heavy atom. The van der Waals surface area contributed by atoms with Crippen LogP contribution >= 0.6 is 0 Å². The topological polar surface area (TPSA) is 106 Å². The van der Waals surface area contributed by atoms with Gasteiger partial charge in [0.05, 0.1) is 35.5 Å². The third kappa shape index (κ3) is 3.15. The molecule has 8 heteroatoms. The van der Waals surface area contributed by atoms with Crippen LogP contribution in [-0.4, -0.2) is 57.8 Å². The maximum atomic E-state index is 13.2. The number of aryl methyl sites for hydroxylation is 1. The lowest BCUT2D eigenvalue weighted by molar-refractivity contribution is -0.154. The summed E-state index contributed by atoms with van der Waals surface area (Å²) < 4.78 is 10.5. The number of carbonyl (C=O) groups excluding carboxylic acids is 1. The predicted molar refractivity (Wildman–Crippen MR) is 95.3 cm³/mol. The fourth-order valence-electron chi connectivity index (χ4n) is 3.17. The van der Waals surface area contributed by atoms with E-state index in [-0.39, 0.29) is 24.8 Å². The summed E-state index contributed by atoms with van der Waals surface area (Å²) in [6.45, 7) is 2.22. The van der Waals surface area contributed by atoms with Crippen LogP contribution < -0.4 is 0 Å². The van der Waals surface area contributed by atoms with Gasteiger partial charge in [-0.3, -0.25) is 4.79 Å². The Kier molecular flexibility index (Phi) is 4.33. The minimum Gasteiger partial charge on any atom is -0.479 e. The van der Waals surface area contributed by atoms with Gasteiger partial charge in [-0.15, -0.1) is 0 Å². The minimum absolute atomic E-state index is 0.0109. The van der Waals surface area contributed by atoms with Gasteiger partial charge in [-0.05, 0) is 13.0 Å². The lowest BCUT2D eigenvalue weighted by Crippen LogP contribution is -2.48. The summed E-state index contributed by atoms with van der Waals surface area (Å²) in [5.41, 5.74) is 2.66. The predicted octanol–water partition coefficient (Wildman–Crippen LogP) is 2.12. The van der Waals surface area contributed by atoms with Gasteiger partial charge in [-0.2, -0.15) is 0 Å². The molecule has 3 heterocycles. The molecule has 27 heavy (non-hydrogen) atoms. The Bertz CT molecular complexity index is 1010. The van der Waals surface area contributed by atoms with Crippen molar-refractivity contribution in [1.82, 2.24) is 15.0 Å². The summed E-state index contributed by atoms with van der Waals surface area (Å²) in [7, 11) is 0. The van der Waals surface area contributed by atoms with Crippen LogP contribution in [0.2, 0.25) is 0 Å². The molecular weight excluding hydrogens is 350 g/mol. The summed E-state index contributed by atoms with van der Waals surface area (Å²) >= 11 is 0. The highest BCUT2D eigenvalue weighted by Gasteiger charge is 2.31. The van der Waals surface area contributed by atoms with E-state index in [2.05, 4.69) is 10.1 Å². The maximum absolute atomic E-state index is 13.2. The molecule has 0 saturated carbocycles. The molecular formula is C19H17N3O5. The van der Waals surface area contributed by atoms with E-state index in [9.17, 15) is 14.7 Å². The number of rotatable bonds is 3. The second kappa shape index (κ2) is 6.81. The summed E-state index contributed by atoms with van der Waals surface area (Å²) in [5.74, 6) is -1.38. The van der Waals surface area contributed by atoms with Crippen LogP contribution in [0.15, 0.2) is 40.9 Å². The molecule has 1 fully saturated rings. The monoisotopic (exact) mass is 367 g/mol. The van der Waals surface area contributed by atoms with E-state index >= 15 is 0 Å². The third-order valence-corrected chi connectivity index (χ3v) is 4.55. The Balaban J connectivity index is 1.79. The van der Waals surface area contributed by atoms with E-state index in [4.69, 9.17) is 9.26 Å². The highest BCUT2D eigenvalue weighted by molar-refractivity contribution is 6.07. The standard InChI is InChI=1S/C19H17N3O5/c1-11-16-13(18(23)22-7-8-26-15(10-22)19(24)25)9-14(20-17(16)27-21-11)12-5-3-2-4-6-12/h2-6,9,15H,7-8,10H2,1H3,(H,24,25)/t15-/m0/s1. The Labute approximate surface area is 154 Å². The van der Waals surface area contributed by atoms with E-state index in [1.807, 2.05) is 30.3 Å². The quantitative estimate of drug-likeness (QED) is 0.756. The van der Waals surface area contributed by atoms with Crippen molar-refractivity contribution in [2.75, 3.05) is 19.7 Å². The third-order valence-electron chi connectivity index (χ3n) is 4.55. The molecule has 1 aromatic carbocycles. The Hall–Kier alpha value is -3.26. The van der Waals surface area contributed by atoms with Gasteiger partial charge < -0.3 is 19.3 Å². The number of pyridine rings is 1. The SMILES string of the molecule is Cc1noc2nc(-c3ccccc3)cc(C(=O)N3CCO[C@H](C(=O)O)C3)c12. The number of carboxylic acids is 1. The number of nitrogens with zero attached hydrogens (tertiary/aromatic N) is 3. The molecule has 8 nitrogen and oxygen atoms in total. The van der Waals surface area contributed by atoms with Gasteiger partial charge >= 0.3 is 5.97 Å². The van der Waals surface area contributed by atoms with Crippen LogP contribution in [0, 0.1) is 6.92 Å². The van der Waals surface area contributed by atoms with Crippen molar-refractivity contribution in [3.05, 3.63) is 47.7 Å². The van der Waals surface area contributed by atoms with Crippen molar-refractivity contribution in [3.8, 4) is 11.3 Å². The Morgan fingerprint density at radius 2 is 2.04 bits per heavy atom. The van der Waals surface area contributed by atoms with Crippen LogP contribution in [0.3, 0.4) is 0 Å². The summed E-state index contributed by atoms with van der Waals surface area (Å²) in [6, 6.07) is 11.1. The summed E-state index contributed by atoms with van der Waals surface area (Å²) in [6.07, 6.45) is -1.03. The van der Waals surface area contributed by atoms with Gasteiger partial charge in [0.2, 0.25) is 0 Å². The van der Waals surface area contributed by atoms with E-state index in [0.29, 0.717) is 28.9 Å². The molecule has 1 saturated heterocycles. The van der Waals surface area contributed by atoms with E-state index in [1.54, 1.807) is 13.0 Å². The molecule has 1 amide bonds. The second-order valence-corrected chi connectivity index (χ2v) is 6.32. The molecule has 138 valence electrons. The largest absolute Gasteiger partial charge is 0.479 e. The average molecular weight is 367 g/mol. The maximum Gasteiger partial charge on any atom is 0.334 e. The number of benzene rings is 1. The smallest absolute Gasteiger partial charge is 0.334 e. The first-order valence-corrected chi connectivity index (χ1v) is 8.50. The summed E-state index contributed by atoms with van der Waals surface area (Å²) in [4.78, 5) is 30.4. The van der Waals surface area contributed by atoms with E-state index < -0.39 is 12.1 Å². The highest BCUT2D eigenvalue weighted by Crippen LogP contribution is 2.28. The van der Waals surface area contributed by atoms with Gasteiger partial charge in [0.15, 0.2) is 6.10 Å². The number of carboxylic acid groups (broad SMARTS) is 1. The first-order chi connectivity index (χ1) is 13.0. The molecule has 0 radical (unpaired) electrons. The lowest BCUT2D eigenvalue weighted by Gasteiger charge is -2.31. The number of aliphatic carboxylic acids is 1. The fourth-order valence-corrected chi connectivity index (χ4v) is 3.17. The molecule has 1 atom stereocenters. The van der Waals surface area contributed by atoms with Crippen molar-refractivity contribution < 1.29 is 24.0 Å². The highest BCUT2D eigenvalue weighted by atomic mass is 16.5. The molecule has 0 unspecified atom stereocenters. The second-order valence-electron chi connectivity index (χ2n) is 6.32. The molecule has 0 aliphatic carbocycles. The van der Waals surface area contributed by atoms with Crippen molar-refractivity contribution >= 4 is 23.0 Å². The molecule has 1 aliphatic rings. The zero-order chi connectivity index (χ0) is 19.0. The molecule has 1 aliphatic heterocycles. The number of fused-ring (bicyclic) bond motifs is 1. The van der Waals surface area contributed by atoms with E-state index in [0.717, 1.165) is 5.56 Å². The molecule has 2 aromatic heterocycles. The number of morpholine rings is 1. The van der Waals surface area contributed by atoms with Gasteiger partial charge in [0.25, 0.3) is 11.6 Å². The van der Waals surface area contributed by atoms with Crippen molar-refractivity contribution in [2.45, 2.75) is 13.0 Å². The first kappa shape index (κ1) is 17.2. The number of ether oxygens (including phenoxy) is 1. The normalized spacial score (nSPS) is 17.2. The van der Waals surface area contributed by atoms with Crippen LogP contribution in [0.5, 0.6) is 0 Å². The van der Waals surface area contributed by atoms with Crippen molar-refractivity contribution in [2.24, 2.45) is 0 Å². The van der Waals surface area contributed by atoms with Gasteiger partial charge in [0.1, 0.15) is 0 Å². The number of amides is 1. The zero-order valence-electron chi connectivity index (χ0n) is 14.6. The van der Waals surface area contributed by atoms with Crippen molar-refractivity contribution in [1.29, 1.82) is 0 Å². The fraction of sp³-hybridized carbons (Fsp3) is 0.263. The number of hydrogen-bond acceptors (Lipinski definition) is 6. The van der Waals surface area contributed by atoms with Crippen LogP contribution in [-0.2, 0) is 9.53 Å². The van der Waals surface area contributed by atoms with E-state index in [1.165, 1.54) is 4.90 Å². The first-order valence-electron chi connectivity index (χ1n) is 8.50. The van der Waals surface area contributed by atoms with Crippen molar-refractivity contribution in [3.63, 3.8) is 0 Å². The molecule has 0 bridgehead atoms. The zero-order valence-corrected chi connectivity index (χ0v) is 14.6. The molecule has 4 rings (SSSR count). The number of aromatic nitrogens is 2. The molecule has 0 spiro atoms.